The largest absolute Gasteiger partial charge is 0.377 e. The molecule has 0 fully saturated rings. The number of ether oxygens (including phenoxy) is 1. The third-order valence-electron chi connectivity index (χ3n) is 3.10. The van der Waals surface area contributed by atoms with Gasteiger partial charge < -0.3 is 15.0 Å². The molecule has 1 heterocycles. The molecule has 0 saturated heterocycles. The molecule has 0 saturated carbocycles. The van der Waals surface area contributed by atoms with Crippen molar-refractivity contribution in [1.82, 2.24) is 15.3 Å². The van der Waals surface area contributed by atoms with Crippen molar-refractivity contribution in [2.24, 2.45) is 0 Å². The maximum absolute atomic E-state index is 5.56. The fraction of sp³-hybridized carbons (Fsp3) is 0.750. The summed E-state index contributed by atoms with van der Waals surface area (Å²) < 4.78 is 5.56. The van der Waals surface area contributed by atoms with Gasteiger partial charge in [0.15, 0.2) is 0 Å². The van der Waals surface area contributed by atoms with Crippen LogP contribution in [0.1, 0.15) is 45.9 Å². The van der Waals surface area contributed by atoms with E-state index in [1.165, 1.54) is 0 Å². The predicted molar refractivity (Wildman–Crippen MR) is 87.7 cm³/mol. The summed E-state index contributed by atoms with van der Waals surface area (Å²) in [6.45, 7) is 14.8. The van der Waals surface area contributed by atoms with Crippen molar-refractivity contribution in [1.29, 1.82) is 0 Å². The lowest BCUT2D eigenvalue weighted by Crippen LogP contribution is -2.35. The van der Waals surface area contributed by atoms with Gasteiger partial charge in [-0.2, -0.15) is 0 Å². The maximum Gasteiger partial charge on any atom is 0.225 e. The summed E-state index contributed by atoms with van der Waals surface area (Å²) in [5, 5.41) is 3.46. The summed E-state index contributed by atoms with van der Waals surface area (Å²) >= 11 is 0. The fourth-order valence-electron chi connectivity index (χ4n) is 1.72. The van der Waals surface area contributed by atoms with Crippen LogP contribution in [0.25, 0.3) is 0 Å². The zero-order chi connectivity index (χ0) is 16.0. The van der Waals surface area contributed by atoms with E-state index >= 15 is 0 Å². The molecule has 5 heteroatoms. The standard InChI is InChI=1S/C16H30N4O/c1-12(2)21-9-8-20(7)15-17-10-14(13(3)19-15)11-18-16(4,5)6/h10,12,18H,8-9,11H2,1-7H3. The number of likely N-dealkylation sites (N-methyl/N-ethyl adjacent to an activating group) is 1. The van der Waals surface area contributed by atoms with Gasteiger partial charge in [-0.1, -0.05) is 0 Å². The Kier molecular flexibility index (Phi) is 6.55. The van der Waals surface area contributed by atoms with Crippen LogP contribution in [-0.2, 0) is 11.3 Å². The van der Waals surface area contributed by atoms with Crippen molar-refractivity contribution >= 4 is 5.95 Å². The van der Waals surface area contributed by atoms with E-state index in [2.05, 4.69) is 36.1 Å². The lowest BCUT2D eigenvalue weighted by Gasteiger charge is -2.22. The Labute approximate surface area is 129 Å². The molecule has 1 aromatic rings. The van der Waals surface area contributed by atoms with E-state index in [0.717, 1.165) is 30.3 Å². The summed E-state index contributed by atoms with van der Waals surface area (Å²) in [5.41, 5.74) is 2.25. The number of nitrogens with zero attached hydrogens (tertiary/aromatic N) is 3. The van der Waals surface area contributed by atoms with Crippen LogP contribution in [0.4, 0.5) is 5.95 Å². The van der Waals surface area contributed by atoms with E-state index in [1.54, 1.807) is 0 Å². The molecule has 120 valence electrons. The second-order valence-corrected chi connectivity index (χ2v) is 6.73. The van der Waals surface area contributed by atoms with Crippen LogP contribution in [0.15, 0.2) is 6.20 Å². The lowest BCUT2D eigenvalue weighted by molar-refractivity contribution is 0.0844. The van der Waals surface area contributed by atoms with Crippen LogP contribution in [0, 0.1) is 6.92 Å². The molecule has 1 aromatic heterocycles. The zero-order valence-electron chi connectivity index (χ0n) is 14.5. The second kappa shape index (κ2) is 7.71. The first-order chi connectivity index (χ1) is 9.69. The number of anilines is 1. The molecule has 0 aliphatic rings. The van der Waals surface area contributed by atoms with Gasteiger partial charge >= 0.3 is 0 Å². The molecule has 0 unspecified atom stereocenters. The van der Waals surface area contributed by atoms with Gasteiger partial charge in [0.25, 0.3) is 0 Å². The average Bonchev–Trinajstić information content (AvgIpc) is 2.35. The van der Waals surface area contributed by atoms with Crippen LogP contribution in [-0.4, -0.2) is 41.8 Å². The van der Waals surface area contributed by atoms with Crippen molar-refractivity contribution in [3.8, 4) is 0 Å². The van der Waals surface area contributed by atoms with Gasteiger partial charge in [-0.3, -0.25) is 0 Å². The van der Waals surface area contributed by atoms with Crippen LogP contribution in [0.3, 0.4) is 0 Å². The summed E-state index contributed by atoms with van der Waals surface area (Å²) in [6, 6.07) is 0. The molecule has 0 bridgehead atoms. The number of hydrogen-bond donors (Lipinski definition) is 1. The molecule has 0 aliphatic heterocycles. The van der Waals surface area contributed by atoms with Crippen molar-refractivity contribution in [2.45, 2.75) is 59.7 Å². The summed E-state index contributed by atoms with van der Waals surface area (Å²) in [7, 11) is 1.99. The monoisotopic (exact) mass is 294 g/mol. The number of hydrogen-bond acceptors (Lipinski definition) is 5. The van der Waals surface area contributed by atoms with Gasteiger partial charge in [0.1, 0.15) is 0 Å². The SMILES string of the molecule is Cc1nc(N(C)CCOC(C)C)ncc1CNC(C)(C)C. The molecule has 0 aromatic carbocycles. The Hall–Kier alpha value is -1.20. The normalized spacial score (nSPS) is 12.0. The predicted octanol–water partition coefficient (Wildman–Crippen LogP) is 2.53. The molecule has 5 nitrogen and oxygen atoms in total. The van der Waals surface area contributed by atoms with Crippen molar-refractivity contribution in [3.05, 3.63) is 17.5 Å². The Morgan fingerprint density at radius 2 is 2.00 bits per heavy atom. The smallest absolute Gasteiger partial charge is 0.225 e. The molecule has 0 atom stereocenters. The highest BCUT2D eigenvalue weighted by atomic mass is 16.5. The number of nitrogens with one attached hydrogen (secondary N) is 1. The van der Waals surface area contributed by atoms with Crippen LogP contribution >= 0.6 is 0 Å². The zero-order valence-corrected chi connectivity index (χ0v) is 14.5. The van der Waals surface area contributed by atoms with Gasteiger partial charge in [0, 0.05) is 43.1 Å². The number of rotatable bonds is 7. The Morgan fingerprint density at radius 3 is 2.52 bits per heavy atom. The molecule has 0 radical (unpaired) electrons. The number of aryl methyl sites for hydroxylation is 1. The summed E-state index contributed by atoms with van der Waals surface area (Å²) in [5.74, 6) is 0.749. The van der Waals surface area contributed by atoms with E-state index in [1.807, 2.05) is 38.9 Å². The highest BCUT2D eigenvalue weighted by Gasteiger charge is 2.12. The minimum Gasteiger partial charge on any atom is -0.377 e. The number of aromatic nitrogens is 2. The fourth-order valence-corrected chi connectivity index (χ4v) is 1.72. The Morgan fingerprint density at radius 1 is 1.33 bits per heavy atom. The minimum atomic E-state index is 0.0933. The maximum atomic E-state index is 5.56. The first-order valence-corrected chi connectivity index (χ1v) is 7.59. The molecular formula is C16H30N4O. The minimum absolute atomic E-state index is 0.0933. The lowest BCUT2D eigenvalue weighted by atomic mass is 10.1. The average molecular weight is 294 g/mol. The third kappa shape index (κ3) is 6.87. The van der Waals surface area contributed by atoms with Crippen molar-refractivity contribution in [2.75, 3.05) is 25.1 Å². The Bertz CT molecular complexity index is 440. The van der Waals surface area contributed by atoms with Gasteiger partial charge in [-0.15, -0.1) is 0 Å². The molecule has 1 N–H and O–H groups in total. The molecule has 1 rings (SSSR count). The molecule has 0 spiro atoms. The van der Waals surface area contributed by atoms with Crippen LogP contribution in [0.2, 0.25) is 0 Å². The van der Waals surface area contributed by atoms with Gasteiger partial charge in [0.05, 0.1) is 12.7 Å². The van der Waals surface area contributed by atoms with Crippen molar-refractivity contribution < 1.29 is 4.74 Å². The van der Waals surface area contributed by atoms with E-state index in [0.29, 0.717) is 6.61 Å². The van der Waals surface area contributed by atoms with Gasteiger partial charge in [0.2, 0.25) is 5.95 Å². The van der Waals surface area contributed by atoms with Gasteiger partial charge in [-0.25, -0.2) is 9.97 Å². The quantitative estimate of drug-likeness (QED) is 0.837. The van der Waals surface area contributed by atoms with Crippen LogP contribution in [0.5, 0.6) is 0 Å². The first kappa shape index (κ1) is 17.9. The van der Waals surface area contributed by atoms with Crippen molar-refractivity contribution in [3.63, 3.8) is 0 Å². The highest BCUT2D eigenvalue weighted by molar-refractivity contribution is 5.31. The third-order valence-corrected chi connectivity index (χ3v) is 3.10. The first-order valence-electron chi connectivity index (χ1n) is 7.59. The topological polar surface area (TPSA) is 50.3 Å². The second-order valence-electron chi connectivity index (χ2n) is 6.73. The van der Waals surface area contributed by atoms with E-state index in [9.17, 15) is 0 Å². The molecule has 0 amide bonds. The highest BCUT2D eigenvalue weighted by Crippen LogP contribution is 2.11. The van der Waals surface area contributed by atoms with E-state index in [4.69, 9.17) is 4.74 Å². The summed E-state index contributed by atoms with van der Waals surface area (Å²) in [6.07, 6.45) is 2.17. The van der Waals surface area contributed by atoms with E-state index < -0.39 is 0 Å². The Balaban J connectivity index is 2.60. The molecular weight excluding hydrogens is 264 g/mol. The molecule has 0 aliphatic carbocycles. The van der Waals surface area contributed by atoms with Gasteiger partial charge in [-0.05, 0) is 41.5 Å². The summed E-state index contributed by atoms with van der Waals surface area (Å²) in [4.78, 5) is 11.1. The molecule has 21 heavy (non-hydrogen) atoms. The van der Waals surface area contributed by atoms with E-state index in [-0.39, 0.29) is 11.6 Å². The van der Waals surface area contributed by atoms with Crippen LogP contribution < -0.4 is 10.2 Å².